The number of nitriles is 2. The van der Waals surface area contributed by atoms with Gasteiger partial charge in [0.05, 0.1) is 43.4 Å². The molecule has 0 fully saturated rings. The van der Waals surface area contributed by atoms with Crippen LogP contribution in [0.4, 0.5) is 0 Å². The zero-order valence-electron chi connectivity index (χ0n) is 17.3. The van der Waals surface area contributed by atoms with E-state index < -0.39 is 0 Å². The lowest BCUT2D eigenvalue weighted by atomic mass is 9.98. The Bertz CT molecular complexity index is 1450. The molecule has 0 aromatic heterocycles. The monoisotopic (exact) mass is 576 g/mol. The van der Waals surface area contributed by atoms with Crippen molar-refractivity contribution in [3.05, 3.63) is 102 Å². The van der Waals surface area contributed by atoms with Crippen LogP contribution in [-0.4, -0.2) is 0 Å². The molecular formula is C26H10Cl6N2O. The number of rotatable bonds is 4. The molecule has 4 aromatic rings. The lowest BCUT2D eigenvalue weighted by Gasteiger charge is -2.19. The van der Waals surface area contributed by atoms with E-state index in [-0.39, 0.29) is 31.2 Å². The normalized spacial score (nSPS) is 10.5. The van der Waals surface area contributed by atoms with Crippen LogP contribution < -0.4 is 4.74 Å². The third kappa shape index (κ3) is 5.04. The van der Waals surface area contributed by atoms with E-state index in [0.29, 0.717) is 43.8 Å². The van der Waals surface area contributed by atoms with E-state index in [4.69, 9.17) is 74.3 Å². The molecule has 0 aliphatic rings. The van der Waals surface area contributed by atoms with Gasteiger partial charge in [0.25, 0.3) is 0 Å². The minimum atomic E-state index is 0.189. The van der Waals surface area contributed by atoms with Crippen LogP contribution >= 0.6 is 69.6 Å². The minimum Gasteiger partial charge on any atom is -0.456 e. The van der Waals surface area contributed by atoms with Crippen molar-refractivity contribution in [3.63, 3.8) is 0 Å². The van der Waals surface area contributed by atoms with E-state index in [1.807, 2.05) is 0 Å². The summed E-state index contributed by atoms with van der Waals surface area (Å²) in [5, 5.41) is 21.1. The topological polar surface area (TPSA) is 56.8 Å². The van der Waals surface area contributed by atoms with Crippen LogP contribution in [0, 0.1) is 22.7 Å². The third-order valence-electron chi connectivity index (χ3n) is 5.08. The van der Waals surface area contributed by atoms with Crippen molar-refractivity contribution < 1.29 is 4.74 Å². The average molecular weight is 579 g/mol. The molecule has 0 unspecified atom stereocenters. The van der Waals surface area contributed by atoms with E-state index in [1.165, 1.54) is 12.1 Å². The summed E-state index contributed by atoms with van der Waals surface area (Å²) in [7, 11) is 0. The first kappa shape index (κ1) is 25.5. The van der Waals surface area contributed by atoms with Gasteiger partial charge in [0.2, 0.25) is 0 Å². The summed E-state index contributed by atoms with van der Waals surface area (Å²) >= 11 is 38.0. The smallest absolute Gasteiger partial charge is 0.136 e. The molecule has 0 spiro atoms. The van der Waals surface area contributed by atoms with Crippen LogP contribution in [0.3, 0.4) is 0 Å². The van der Waals surface area contributed by atoms with Crippen molar-refractivity contribution in [3.8, 4) is 45.9 Å². The molecule has 0 saturated carbocycles. The Morgan fingerprint density at radius 1 is 0.543 bits per heavy atom. The maximum atomic E-state index is 9.69. The molecule has 172 valence electrons. The molecule has 0 atom stereocenters. The van der Waals surface area contributed by atoms with E-state index in [9.17, 15) is 10.5 Å². The van der Waals surface area contributed by atoms with Gasteiger partial charge in [-0.25, -0.2) is 0 Å². The van der Waals surface area contributed by atoms with Gasteiger partial charge in [-0.05, 0) is 48.5 Å². The summed E-state index contributed by atoms with van der Waals surface area (Å²) < 4.78 is 6.31. The van der Waals surface area contributed by atoms with Gasteiger partial charge >= 0.3 is 0 Å². The largest absolute Gasteiger partial charge is 0.456 e. The van der Waals surface area contributed by atoms with Crippen LogP contribution in [0.2, 0.25) is 30.1 Å². The number of hydrogen-bond acceptors (Lipinski definition) is 3. The van der Waals surface area contributed by atoms with Gasteiger partial charge in [-0.15, -0.1) is 0 Å². The molecule has 0 N–H and O–H groups in total. The lowest BCUT2D eigenvalue weighted by Crippen LogP contribution is -1.96. The summed E-state index contributed by atoms with van der Waals surface area (Å²) in [6.07, 6.45) is 0. The lowest BCUT2D eigenvalue weighted by molar-refractivity contribution is 0.486. The second kappa shape index (κ2) is 10.6. The zero-order chi connectivity index (χ0) is 25.3. The second-order valence-corrected chi connectivity index (χ2v) is 9.62. The maximum Gasteiger partial charge on any atom is 0.136 e. The molecule has 0 bridgehead atoms. The molecule has 4 aromatic carbocycles. The summed E-state index contributed by atoms with van der Waals surface area (Å²) in [5.74, 6) is 0.593. The fraction of sp³-hybridized carbons (Fsp3) is 0. The highest BCUT2D eigenvalue weighted by atomic mass is 35.5. The van der Waals surface area contributed by atoms with Crippen LogP contribution in [-0.2, 0) is 0 Å². The molecule has 9 heteroatoms. The first-order valence-corrected chi connectivity index (χ1v) is 12.1. The summed E-state index contributed by atoms with van der Waals surface area (Å²) in [5.41, 5.74) is 2.30. The van der Waals surface area contributed by atoms with Crippen molar-refractivity contribution in [2.24, 2.45) is 0 Å². The van der Waals surface area contributed by atoms with Crippen molar-refractivity contribution in [1.82, 2.24) is 0 Å². The molecule has 0 amide bonds. The number of halogens is 6. The molecule has 0 aliphatic heterocycles. The van der Waals surface area contributed by atoms with Crippen molar-refractivity contribution >= 4 is 69.6 Å². The Labute approximate surface area is 231 Å². The van der Waals surface area contributed by atoms with E-state index >= 15 is 0 Å². The Balaban J connectivity index is 1.97. The summed E-state index contributed by atoms with van der Waals surface area (Å²) in [4.78, 5) is 0. The van der Waals surface area contributed by atoms with Crippen LogP contribution in [0.25, 0.3) is 22.3 Å². The first-order valence-electron chi connectivity index (χ1n) is 9.79. The Morgan fingerprint density at radius 2 is 0.943 bits per heavy atom. The highest BCUT2D eigenvalue weighted by molar-refractivity contribution is 6.45. The van der Waals surface area contributed by atoms with Gasteiger partial charge in [0.1, 0.15) is 11.5 Å². The zero-order valence-corrected chi connectivity index (χ0v) is 21.9. The quantitative estimate of drug-likeness (QED) is 0.242. The van der Waals surface area contributed by atoms with Gasteiger partial charge in [-0.3, -0.25) is 0 Å². The molecule has 35 heavy (non-hydrogen) atoms. The number of benzene rings is 4. The molecule has 0 radical (unpaired) electrons. The average Bonchev–Trinajstić information content (AvgIpc) is 2.84. The Hall–Kier alpha value is -2.60. The van der Waals surface area contributed by atoms with E-state index in [0.717, 1.165) is 0 Å². The van der Waals surface area contributed by atoms with Crippen molar-refractivity contribution in [2.75, 3.05) is 0 Å². The first-order chi connectivity index (χ1) is 16.7. The molecule has 4 rings (SSSR count). The number of ether oxygens (including phenoxy) is 1. The summed E-state index contributed by atoms with van der Waals surface area (Å²) in [6.45, 7) is 0. The van der Waals surface area contributed by atoms with Crippen molar-refractivity contribution in [1.29, 1.82) is 10.5 Å². The second-order valence-electron chi connectivity index (χ2n) is 7.17. The predicted octanol–water partition coefficient (Wildman–Crippen LogP) is 10.5. The van der Waals surface area contributed by atoms with Crippen LogP contribution in [0.1, 0.15) is 11.1 Å². The van der Waals surface area contributed by atoms with Gasteiger partial charge in [0.15, 0.2) is 0 Å². The molecule has 0 saturated heterocycles. The fourth-order valence-electron chi connectivity index (χ4n) is 3.51. The van der Waals surface area contributed by atoms with Gasteiger partial charge in [-0.2, -0.15) is 10.5 Å². The fourth-order valence-corrected chi connectivity index (χ4v) is 4.69. The minimum absolute atomic E-state index is 0.189. The van der Waals surface area contributed by atoms with Crippen LogP contribution in [0.5, 0.6) is 11.5 Å². The van der Waals surface area contributed by atoms with Crippen molar-refractivity contribution in [2.45, 2.75) is 0 Å². The molecular weight excluding hydrogens is 569 g/mol. The summed E-state index contributed by atoms with van der Waals surface area (Å²) in [6, 6.07) is 20.3. The third-order valence-corrected chi connectivity index (χ3v) is 7.15. The van der Waals surface area contributed by atoms with E-state index in [2.05, 4.69) is 12.1 Å². The van der Waals surface area contributed by atoms with Gasteiger partial charge in [-0.1, -0.05) is 81.7 Å². The highest BCUT2D eigenvalue weighted by Crippen LogP contribution is 2.48. The maximum absolute atomic E-state index is 9.69. The Morgan fingerprint density at radius 3 is 1.31 bits per heavy atom. The standard InChI is InChI=1S/C26H10Cl6N2O/c27-15-1-3-17(13(9-15)11-33)23-21(7-5-19(29)25(23)31)35-22-8-6-20(30)26(32)24(22)18-4-2-16(28)10-14(18)12-34/h1-10H. The van der Waals surface area contributed by atoms with Gasteiger partial charge < -0.3 is 4.74 Å². The number of hydrogen-bond donors (Lipinski definition) is 0. The van der Waals surface area contributed by atoms with Crippen LogP contribution in [0.15, 0.2) is 60.7 Å². The molecule has 3 nitrogen and oxygen atoms in total. The SMILES string of the molecule is N#Cc1cc(Cl)ccc1-c1c(Oc2ccc(Cl)c(Cl)c2-c2ccc(Cl)cc2C#N)ccc(Cl)c1Cl. The Kier molecular flexibility index (Phi) is 7.70. The van der Waals surface area contributed by atoms with Gasteiger partial charge in [0, 0.05) is 32.3 Å². The predicted molar refractivity (Wildman–Crippen MR) is 143 cm³/mol. The van der Waals surface area contributed by atoms with E-state index in [1.54, 1.807) is 48.5 Å². The highest BCUT2D eigenvalue weighted by Gasteiger charge is 2.22. The number of nitrogens with zero attached hydrogens (tertiary/aromatic N) is 2. The molecule has 0 aliphatic carbocycles. The molecule has 0 heterocycles.